The number of hydroxylamine groups is 3. The molecular formula is C74H89ClN12O18S4. The van der Waals surface area contributed by atoms with E-state index in [0.717, 1.165) is 48.3 Å². The van der Waals surface area contributed by atoms with Crippen molar-refractivity contribution >= 4 is 123 Å². The molecule has 6 saturated carbocycles. The number of benzene rings is 2. The molecule has 584 valence electrons. The number of thiophene rings is 2. The highest BCUT2D eigenvalue weighted by molar-refractivity contribution is 7.91. The van der Waals surface area contributed by atoms with Crippen LogP contribution in [0.1, 0.15) is 130 Å². The summed E-state index contributed by atoms with van der Waals surface area (Å²) in [6.07, 6.45) is 9.59. The first-order valence-electron chi connectivity index (χ1n) is 36.6. The van der Waals surface area contributed by atoms with E-state index >= 15 is 0 Å². The van der Waals surface area contributed by atoms with Gasteiger partial charge in [0.25, 0.3) is 11.8 Å². The van der Waals surface area contributed by atoms with Crippen LogP contribution in [0.4, 0.5) is 9.59 Å². The highest BCUT2D eigenvalue weighted by Crippen LogP contribution is 2.48. The molecule has 35 heteroatoms. The summed E-state index contributed by atoms with van der Waals surface area (Å²) >= 11 is 7.91. The van der Waals surface area contributed by atoms with E-state index in [1.165, 1.54) is 44.6 Å². The van der Waals surface area contributed by atoms with E-state index in [2.05, 4.69) is 38.7 Å². The summed E-state index contributed by atoms with van der Waals surface area (Å²) in [6, 6.07) is 17.4. The maximum Gasteiger partial charge on any atom is 0.434 e. The summed E-state index contributed by atoms with van der Waals surface area (Å²) in [6.45, 7) is 14.2. The Kier molecular flexibility index (Phi) is 24.5. The molecule has 6 aliphatic carbocycles. The van der Waals surface area contributed by atoms with Gasteiger partial charge in [-0.3, -0.25) is 43.4 Å². The number of para-hydroxylation sites is 4. The molecule has 4 aromatic heterocycles. The topological polar surface area (TPSA) is 404 Å². The molecule has 6 aromatic rings. The van der Waals surface area contributed by atoms with E-state index < -0.39 is 143 Å². The zero-order valence-electron chi connectivity index (χ0n) is 60.5. The Morgan fingerprint density at radius 2 is 0.982 bits per heavy atom. The van der Waals surface area contributed by atoms with Crippen LogP contribution in [-0.4, -0.2) is 192 Å². The molecule has 8 fully saturated rings. The molecule has 2 aliphatic heterocycles. The molecule has 0 unspecified atom stereocenters. The molecule has 0 spiro atoms. The third-order valence-corrected chi connectivity index (χ3v) is 26.4. The van der Waals surface area contributed by atoms with Crippen molar-refractivity contribution in [1.82, 2.24) is 60.4 Å². The molecule has 0 bridgehead atoms. The van der Waals surface area contributed by atoms with Crippen LogP contribution in [0.5, 0.6) is 11.8 Å². The number of carbonyl (C=O) groups is 8. The van der Waals surface area contributed by atoms with Crippen molar-refractivity contribution in [2.45, 2.75) is 201 Å². The maximum atomic E-state index is 14.5. The Labute approximate surface area is 643 Å². The number of hydrogen-bond acceptors (Lipinski definition) is 25. The van der Waals surface area contributed by atoms with Gasteiger partial charge in [-0.2, -0.15) is 10.5 Å². The number of rotatable bonds is 26. The van der Waals surface area contributed by atoms with Gasteiger partial charge < -0.3 is 44.6 Å². The van der Waals surface area contributed by atoms with Gasteiger partial charge in [0.1, 0.15) is 71.0 Å². The second-order valence-corrected chi connectivity index (χ2v) is 35.6. The number of carbonyl (C=O) groups excluding carboxylic acids is 8. The van der Waals surface area contributed by atoms with Crippen LogP contribution in [0.15, 0.2) is 109 Å². The van der Waals surface area contributed by atoms with Crippen molar-refractivity contribution in [2.75, 3.05) is 13.1 Å². The highest BCUT2D eigenvalue weighted by Gasteiger charge is 2.64. The van der Waals surface area contributed by atoms with Crippen molar-refractivity contribution in [2.24, 2.45) is 23.7 Å². The first kappa shape index (κ1) is 79.8. The SMILES string of the molecule is C=C[C@@H]1C[C@]1(NC(=O)[C@@H]1C[C@@H](Oc2nc3ccccc3nc2-c2cccs2)CN1C(=O)[C@@H](NO)C(C)C)C(=O)NS(=O)(=O)C1CC1.C=C[C@@H]1C[C@]1(NC(=O)[C@@H]1C[C@@H](Oc2nc3ccccc3nc2-c2cccs2)CN1C(=O)[C@H](C(C)C)N(O)C(=O)OC1CCCC1)C(=O)NS(=O)(=O)C1CC1.O=C(Cl)OC1CCCC1. The maximum absolute atomic E-state index is 14.5. The van der Waals surface area contributed by atoms with Gasteiger partial charge in [0.2, 0.25) is 55.4 Å². The van der Waals surface area contributed by atoms with Crippen LogP contribution < -0.4 is 35.0 Å². The van der Waals surface area contributed by atoms with Gasteiger partial charge in [-0.1, -0.05) is 76.2 Å². The second-order valence-electron chi connectivity index (χ2n) is 29.5. The molecule has 14 rings (SSSR count). The van der Waals surface area contributed by atoms with E-state index in [1.807, 2.05) is 77.5 Å². The summed E-state index contributed by atoms with van der Waals surface area (Å²) < 4.78 is 78.0. The molecular weight excluding hydrogens is 1510 g/mol. The predicted octanol–water partition coefficient (Wildman–Crippen LogP) is 8.85. The Bertz CT molecular complexity index is 4650. The fourth-order valence-electron chi connectivity index (χ4n) is 14.3. The predicted molar refractivity (Wildman–Crippen MR) is 402 cm³/mol. The van der Waals surface area contributed by atoms with Crippen LogP contribution in [0.25, 0.3) is 43.2 Å². The van der Waals surface area contributed by atoms with Crippen LogP contribution in [0.3, 0.4) is 0 Å². The standard InChI is InChI=1S/C37H44N6O9S2.C31H36N6O7S2.C6H9ClO2/c1-4-22-19-37(22,35(46)41-54(49,50)25-15-16-25)40-32(44)28-18-24(51-33-30(29-14-9-17-53-29)38-26-12-7-8-13-27(26)39-33)20-42(28)34(45)31(21(2)3)43(48)36(47)52-23-10-5-6-11-23;1-4-18-15-31(18,30(40)36-46(42,43)20-11-12-20)34-27(38)23-14-19(16-37(23)29(39)25(35-41)17(2)3)44-28-26(24-10-7-13-45-24)32-21-8-5-6-9-22(21)33-28;7-6(8)9-5-3-1-2-4-5/h4,7-9,12-14,17,21-25,28,31,48H,1,5-6,10-11,15-16,18-20H2,2-3H3,(H,40,44)(H,41,46);4-10,13,17-20,23,25,35,41H,1,11-12,14-16H2,2-3H3,(H,34,38)(H,36,40);5H,1-4H2/t22-,24-,28+,31+,37-;18-,19-,23+,25+,31-;/m11./s1. The van der Waals surface area contributed by atoms with Crippen molar-refractivity contribution < 1.29 is 84.6 Å². The minimum atomic E-state index is -3.93. The molecule has 7 amide bonds. The van der Waals surface area contributed by atoms with E-state index in [9.17, 15) is 65.6 Å². The van der Waals surface area contributed by atoms with Gasteiger partial charge in [0, 0.05) is 36.3 Å². The molecule has 109 heavy (non-hydrogen) atoms. The number of nitrogens with zero attached hydrogens (tertiary/aromatic N) is 7. The lowest BCUT2D eigenvalue weighted by molar-refractivity contribution is -0.164. The van der Waals surface area contributed by atoms with Crippen molar-refractivity contribution in [3.05, 3.63) is 109 Å². The number of fused-ring (bicyclic) bond motifs is 2. The third-order valence-electron chi connectivity index (χ3n) is 20.9. The Hall–Kier alpha value is -8.77. The number of aromatic nitrogens is 4. The molecule has 10 atom stereocenters. The fraction of sp³-hybridized carbons (Fsp3) is 0.514. The summed E-state index contributed by atoms with van der Waals surface area (Å²) in [7, 11) is -7.79. The largest absolute Gasteiger partial charge is 0.471 e. The Morgan fingerprint density at radius 3 is 1.33 bits per heavy atom. The zero-order valence-corrected chi connectivity index (χ0v) is 64.6. The minimum absolute atomic E-state index is 0.0135. The lowest BCUT2D eigenvalue weighted by Crippen LogP contribution is -2.59. The molecule has 0 radical (unpaired) electrons. The van der Waals surface area contributed by atoms with E-state index in [4.69, 9.17) is 50.5 Å². The fourth-order valence-corrected chi connectivity index (χ4v) is 18.6. The van der Waals surface area contributed by atoms with Gasteiger partial charge in [0.05, 0.1) is 55.4 Å². The summed E-state index contributed by atoms with van der Waals surface area (Å²) in [5.41, 5.74) is 1.79. The number of sulfonamides is 2. The number of amides is 7. The lowest BCUT2D eigenvalue weighted by atomic mass is 10.0. The van der Waals surface area contributed by atoms with Gasteiger partial charge >= 0.3 is 11.5 Å². The quantitative estimate of drug-likeness (QED) is 0.0115. The molecule has 7 N–H and O–H groups in total. The van der Waals surface area contributed by atoms with Crippen molar-refractivity contribution in [3.8, 4) is 32.9 Å². The number of hydrogen-bond donors (Lipinski definition) is 7. The average molecular weight is 1600 g/mol. The van der Waals surface area contributed by atoms with E-state index in [0.29, 0.717) is 77.0 Å². The van der Waals surface area contributed by atoms with E-state index in [-0.39, 0.29) is 68.7 Å². The van der Waals surface area contributed by atoms with Gasteiger partial charge in [-0.25, -0.2) is 46.4 Å². The Morgan fingerprint density at radius 1 is 0.578 bits per heavy atom. The highest BCUT2D eigenvalue weighted by atomic mass is 35.5. The van der Waals surface area contributed by atoms with Crippen LogP contribution in [0.2, 0.25) is 0 Å². The second kappa shape index (κ2) is 33.4. The summed E-state index contributed by atoms with van der Waals surface area (Å²) in [5.74, 6) is -5.91. The smallest absolute Gasteiger partial charge is 0.434 e. The molecule has 2 saturated heterocycles. The van der Waals surface area contributed by atoms with Gasteiger partial charge in [-0.05, 0) is 149 Å². The third kappa shape index (κ3) is 18.2. The van der Waals surface area contributed by atoms with Crippen LogP contribution in [-0.2, 0) is 58.3 Å². The van der Waals surface area contributed by atoms with E-state index in [1.54, 1.807) is 33.8 Å². The normalized spacial score (nSPS) is 24.3. The monoisotopic (exact) mass is 1600 g/mol. The zero-order chi connectivity index (χ0) is 77.9. The van der Waals surface area contributed by atoms with Gasteiger partial charge in [0.15, 0.2) is 0 Å². The number of nitrogens with one attached hydrogen (secondary N) is 5. The Balaban J connectivity index is 0.000000184. The summed E-state index contributed by atoms with van der Waals surface area (Å²) in [4.78, 5) is 130. The first-order valence-corrected chi connectivity index (χ1v) is 41.8. The minimum Gasteiger partial charge on any atom is -0.471 e. The number of halogens is 1. The molecule has 2 aromatic carbocycles. The van der Waals surface area contributed by atoms with Crippen molar-refractivity contribution in [1.29, 1.82) is 0 Å². The molecule has 8 aliphatic rings. The molecule has 30 nitrogen and oxygen atoms in total. The van der Waals surface area contributed by atoms with Crippen molar-refractivity contribution in [3.63, 3.8) is 0 Å². The number of ether oxygens (including phenoxy) is 4. The molecule has 6 heterocycles. The number of likely N-dealkylation sites (tertiary alicyclic amines) is 2. The first-order chi connectivity index (χ1) is 52.1. The average Bonchev–Trinajstić information content (AvgIpc) is 1.58. The van der Waals surface area contributed by atoms with Crippen LogP contribution >= 0.6 is 34.3 Å². The van der Waals surface area contributed by atoms with Crippen LogP contribution in [0, 0.1) is 23.7 Å². The van der Waals surface area contributed by atoms with Gasteiger partial charge in [-0.15, -0.1) is 35.8 Å². The lowest BCUT2D eigenvalue weighted by Gasteiger charge is -2.34. The summed E-state index contributed by atoms with van der Waals surface area (Å²) in [5, 5.41) is 29.3.